The molecule has 1 N–H and O–H groups in total. The van der Waals surface area contributed by atoms with Gasteiger partial charge < -0.3 is 10.1 Å². The van der Waals surface area contributed by atoms with Gasteiger partial charge in [0.15, 0.2) is 0 Å². The SMILES string of the molecule is CCC(CC)C(NC)C1CN(CC)CCO1. The third-order valence-corrected chi connectivity index (χ3v) is 3.92. The summed E-state index contributed by atoms with van der Waals surface area (Å²) < 4.78 is 5.94. The Morgan fingerprint density at radius 1 is 1.31 bits per heavy atom. The maximum absolute atomic E-state index is 5.94. The molecule has 0 spiro atoms. The molecule has 1 aliphatic rings. The van der Waals surface area contributed by atoms with E-state index in [2.05, 4.69) is 38.0 Å². The fourth-order valence-electron chi connectivity index (χ4n) is 2.76. The quantitative estimate of drug-likeness (QED) is 0.749. The summed E-state index contributed by atoms with van der Waals surface area (Å²) in [5, 5.41) is 3.47. The zero-order valence-corrected chi connectivity index (χ0v) is 11.3. The van der Waals surface area contributed by atoms with E-state index in [0.717, 1.165) is 32.2 Å². The predicted octanol–water partition coefficient (Wildman–Crippen LogP) is 1.73. The van der Waals surface area contributed by atoms with Crippen molar-refractivity contribution in [3.05, 3.63) is 0 Å². The van der Waals surface area contributed by atoms with E-state index in [1.165, 1.54) is 12.8 Å². The van der Waals surface area contributed by atoms with Crippen molar-refractivity contribution < 1.29 is 4.74 Å². The molecule has 1 saturated heterocycles. The van der Waals surface area contributed by atoms with E-state index < -0.39 is 0 Å². The molecule has 0 radical (unpaired) electrons. The second-order valence-corrected chi connectivity index (χ2v) is 4.69. The van der Waals surface area contributed by atoms with Gasteiger partial charge in [0.1, 0.15) is 0 Å². The Morgan fingerprint density at radius 2 is 2.00 bits per heavy atom. The van der Waals surface area contributed by atoms with Crippen LogP contribution in [0.15, 0.2) is 0 Å². The molecule has 0 bridgehead atoms. The van der Waals surface area contributed by atoms with E-state index in [1.54, 1.807) is 0 Å². The smallest absolute Gasteiger partial charge is 0.0857 e. The van der Waals surface area contributed by atoms with Gasteiger partial charge in [-0.2, -0.15) is 0 Å². The second-order valence-electron chi connectivity index (χ2n) is 4.69. The van der Waals surface area contributed by atoms with Gasteiger partial charge >= 0.3 is 0 Å². The topological polar surface area (TPSA) is 24.5 Å². The van der Waals surface area contributed by atoms with Crippen LogP contribution >= 0.6 is 0 Å². The first-order chi connectivity index (χ1) is 7.76. The first-order valence-corrected chi connectivity index (χ1v) is 6.77. The molecule has 16 heavy (non-hydrogen) atoms. The van der Waals surface area contributed by atoms with Crippen molar-refractivity contribution in [3.8, 4) is 0 Å². The van der Waals surface area contributed by atoms with Crippen LogP contribution in [0, 0.1) is 5.92 Å². The van der Waals surface area contributed by atoms with Gasteiger partial charge in [-0.1, -0.05) is 33.6 Å². The summed E-state index contributed by atoms with van der Waals surface area (Å²) >= 11 is 0. The molecule has 2 atom stereocenters. The van der Waals surface area contributed by atoms with Crippen molar-refractivity contribution >= 4 is 0 Å². The van der Waals surface area contributed by atoms with Crippen molar-refractivity contribution in [2.24, 2.45) is 5.92 Å². The minimum atomic E-state index is 0.364. The Kier molecular flexibility index (Phi) is 6.32. The first kappa shape index (κ1) is 13.9. The Morgan fingerprint density at radius 3 is 2.50 bits per heavy atom. The summed E-state index contributed by atoms with van der Waals surface area (Å²) in [4.78, 5) is 2.49. The van der Waals surface area contributed by atoms with Crippen molar-refractivity contribution in [2.45, 2.75) is 45.8 Å². The fourth-order valence-corrected chi connectivity index (χ4v) is 2.76. The van der Waals surface area contributed by atoms with Gasteiger partial charge in [-0.05, 0) is 19.5 Å². The average molecular weight is 228 g/mol. The van der Waals surface area contributed by atoms with E-state index >= 15 is 0 Å². The van der Waals surface area contributed by atoms with E-state index in [9.17, 15) is 0 Å². The number of nitrogens with zero attached hydrogens (tertiary/aromatic N) is 1. The Balaban J connectivity index is 2.57. The highest BCUT2D eigenvalue weighted by molar-refractivity contribution is 4.86. The van der Waals surface area contributed by atoms with Gasteiger partial charge in [-0.15, -0.1) is 0 Å². The molecule has 2 unspecified atom stereocenters. The third-order valence-electron chi connectivity index (χ3n) is 3.92. The lowest BCUT2D eigenvalue weighted by Crippen LogP contribution is -2.54. The Hall–Kier alpha value is -0.120. The van der Waals surface area contributed by atoms with Crippen molar-refractivity contribution in [1.82, 2.24) is 10.2 Å². The molecule has 0 aromatic carbocycles. The number of morpholine rings is 1. The summed E-state index contributed by atoms with van der Waals surface area (Å²) in [6, 6.07) is 0.504. The number of rotatable bonds is 6. The number of ether oxygens (including phenoxy) is 1. The van der Waals surface area contributed by atoms with Crippen LogP contribution in [0.5, 0.6) is 0 Å². The third kappa shape index (κ3) is 3.44. The normalized spacial score (nSPS) is 24.9. The highest BCUT2D eigenvalue weighted by Crippen LogP contribution is 2.20. The van der Waals surface area contributed by atoms with Crippen molar-refractivity contribution in [2.75, 3.05) is 33.3 Å². The summed E-state index contributed by atoms with van der Waals surface area (Å²) in [5.74, 6) is 0.729. The summed E-state index contributed by atoms with van der Waals surface area (Å²) in [7, 11) is 2.07. The highest BCUT2D eigenvalue weighted by atomic mass is 16.5. The number of hydrogen-bond acceptors (Lipinski definition) is 3. The molecule has 1 heterocycles. The van der Waals surface area contributed by atoms with Crippen LogP contribution in [0.3, 0.4) is 0 Å². The standard InChI is InChI=1S/C13H28N2O/c1-5-11(6-2)13(14-4)12-10-15(7-3)8-9-16-12/h11-14H,5-10H2,1-4H3. The largest absolute Gasteiger partial charge is 0.374 e. The maximum atomic E-state index is 5.94. The second kappa shape index (κ2) is 7.25. The molecule has 1 fully saturated rings. The highest BCUT2D eigenvalue weighted by Gasteiger charge is 2.30. The summed E-state index contributed by atoms with van der Waals surface area (Å²) in [6.45, 7) is 11.0. The monoisotopic (exact) mass is 228 g/mol. The van der Waals surface area contributed by atoms with Crippen LogP contribution in [0.2, 0.25) is 0 Å². The molecule has 1 rings (SSSR count). The van der Waals surface area contributed by atoms with Crippen LogP contribution in [0.25, 0.3) is 0 Å². The van der Waals surface area contributed by atoms with E-state index in [1.807, 2.05) is 0 Å². The van der Waals surface area contributed by atoms with E-state index in [-0.39, 0.29) is 0 Å². The van der Waals surface area contributed by atoms with Crippen LogP contribution < -0.4 is 5.32 Å². The molecule has 3 nitrogen and oxygen atoms in total. The number of nitrogens with one attached hydrogen (secondary N) is 1. The molecule has 1 aliphatic heterocycles. The van der Waals surface area contributed by atoms with Crippen LogP contribution in [-0.2, 0) is 4.74 Å². The average Bonchev–Trinajstić information content (AvgIpc) is 2.35. The van der Waals surface area contributed by atoms with Gasteiger partial charge in [0.05, 0.1) is 12.7 Å². The molecule has 0 aliphatic carbocycles. The molecule has 0 aromatic rings. The van der Waals surface area contributed by atoms with Crippen LogP contribution in [-0.4, -0.2) is 50.3 Å². The Labute approximate surface area is 101 Å². The molecule has 0 amide bonds. The molecule has 96 valence electrons. The Bertz CT molecular complexity index is 183. The lowest BCUT2D eigenvalue weighted by molar-refractivity contribution is -0.0544. The minimum Gasteiger partial charge on any atom is -0.374 e. The summed E-state index contributed by atoms with van der Waals surface area (Å²) in [6.07, 6.45) is 2.82. The summed E-state index contributed by atoms with van der Waals surface area (Å²) in [5.41, 5.74) is 0. The van der Waals surface area contributed by atoms with Gasteiger partial charge in [-0.25, -0.2) is 0 Å². The molecular formula is C13H28N2O. The lowest BCUT2D eigenvalue weighted by Gasteiger charge is -2.39. The van der Waals surface area contributed by atoms with E-state index in [4.69, 9.17) is 4.74 Å². The maximum Gasteiger partial charge on any atom is 0.0857 e. The molecule has 0 saturated carbocycles. The zero-order chi connectivity index (χ0) is 12.0. The first-order valence-electron chi connectivity index (χ1n) is 6.77. The van der Waals surface area contributed by atoms with Gasteiger partial charge in [0.2, 0.25) is 0 Å². The molecule has 0 aromatic heterocycles. The molecule has 3 heteroatoms. The van der Waals surface area contributed by atoms with Crippen molar-refractivity contribution in [1.29, 1.82) is 0 Å². The predicted molar refractivity (Wildman–Crippen MR) is 68.8 cm³/mol. The van der Waals surface area contributed by atoms with Crippen molar-refractivity contribution in [3.63, 3.8) is 0 Å². The number of hydrogen-bond donors (Lipinski definition) is 1. The van der Waals surface area contributed by atoms with Gasteiger partial charge in [0, 0.05) is 19.1 Å². The fraction of sp³-hybridized carbons (Fsp3) is 1.00. The zero-order valence-electron chi connectivity index (χ0n) is 11.3. The van der Waals surface area contributed by atoms with Gasteiger partial charge in [-0.3, -0.25) is 4.90 Å². The van der Waals surface area contributed by atoms with Crippen LogP contribution in [0.4, 0.5) is 0 Å². The van der Waals surface area contributed by atoms with E-state index in [0.29, 0.717) is 12.1 Å². The lowest BCUT2D eigenvalue weighted by atomic mass is 9.89. The number of likely N-dealkylation sites (N-methyl/N-ethyl adjacent to an activating group) is 2. The van der Waals surface area contributed by atoms with Gasteiger partial charge in [0.25, 0.3) is 0 Å². The minimum absolute atomic E-state index is 0.364. The van der Waals surface area contributed by atoms with Crippen LogP contribution in [0.1, 0.15) is 33.6 Å². The molecular weight excluding hydrogens is 200 g/mol.